The van der Waals surface area contributed by atoms with Crippen LogP contribution < -0.4 is 0 Å². The molecule has 0 radical (unpaired) electrons. The van der Waals surface area contributed by atoms with Crippen molar-refractivity contribution < 1.29 is 14.7 Å². The number of carbonyl (C=O) groups excluding carboxylic acids is 1. The lowest BCUT2D eigenvalue weighted by Gasteiger charge is -2.12. The summed E-state index contributed by atoms with van der Waals surface area (Å²) in [4.78, 5) is 25.5. The minimum absolute atomic E-state index is 0.0154. The van der Waals surface area contributed by atoms with Crippen LogP contribution in [0.2, 0.25) is 0 Å². The molecule has 0 bridgehead atoms. The minimum atomic E-state index is -0.819. The molecule has 1 aliphatic heterocycles. The maximum absolute atomic E-state index is 11.9. The van der Waals surface area contributed by atoms with E-state index in [-0.39, 0.29) is 11.8 Å². The molecular weight excluding hydrogens is 250 g/mol. The van der Waals surface area contributed by atoms with Gasteiger partial charge in [0.2, 0.25) is 5.91 Å². The molecule has 5 heteroatoms. The van der Waals surface area contributed by atoms with Gasteiger partial charge in [0.25, 0.3) is 0 Å². The fraction of sp³-hybridized carbons (Fsp3) is 0.385. The first kappa shape index (κ1) is 12.8. The van der Waals surface area contributed by atoms with E-state index in [2.05, 4.69) is 0 Å². The Hall–Kier alpha value is -1.62. The lowest BCUT2D eigenvalue weighted by Crippen LogP contribution is -2.28. The second-order valence-corrected chi connectivity index (χ2v) is 5.49. The van der Waals surface area contributed by atoms with Crippen molar-refractivity contribution in [2.75, 3.05) is 13.1 Å². The van der Waals surface area contributed by atoms with Crippen LogP contribution in [-0.4, -0.2) is 35.0 Å². The van der Waals surface area contributed by atoms with Gasteiger partial charge in [-0.3, -0.25) is 9.59 Å². The second kappa shape index (κ2) is 5.35. The summed E-state index contributed by atoms with van der Waals surface area (Å²) in [5, 5.41) is 11.0. The zero-order chi connectivity index (χ0) is 13.1. The van der Waals surface area contributed by atoms with Gasteiger partial charge in [0.05, 0.1) is 5.92 Å². The van der Waals surface area contributed by atoms with Gasteiger partial charge in [-0.25, -0.2) is 0 Å². The van der Waals surface area contributed by atoms with Crippen LogP contribution in [0.1, 0.15) is 11.8 Å². The highest BCUT2D eigenvalue weighted by Crippen LogP contribution is 2.23. The molecule has 1 N–H and O–H groups in total. The Balaban J connectivity index is 1.97. The zero-order valence-corrected chi connectivity index (χ0v) is 10.9. The number of carboxylic acids is 1. The highest BCUT2D eigenvalue weighted by atomic mass is 32.1. The lowest BCUT2D eigenvalue weighted by atomic mass is 9.99. The number of hydrogen-bond donors (Lipinski definition) is 1. The van der Waals surface area contributed by atoms with Crippen molar-refractivity contribution in [3.8, 4) is 0 Å². The number of likely N-dealkylation sites (tertiary alicyclic amines) is 1. The van der Waals surface area contributed by atoms with Crippen LogP contribution in [0.15, 0.2) is 23.6 Å². The van der Waals surface area contributed by atoms with Gasteiger partial charge in [0.1, 0.15) is 0 Å². The predicted octanol–water partition coefficient (Wildman–Crippen LogP) is 1.94. The predicted molar refractivity (Wildman–Crippen MR) is 70.2 cm³/mol. The van der Waals surface area contributed by atoms with Gasteiger partial charge in [-0.15, -0.1) is 11.3 Å². The quantitative estimate of drug-likeness (QED) is 0.850. The Morgan fingerprint density at radius 3 is 2.83 bits per heavy atom. The Morgan fingerprint density at radius 2 is 2.28 bits per heavy atom. The molecule has 0 aromatic carbocycles. The summed E-state index contributed by atoms with van der Waals surface area (Å²) in [5.41, 5.74) is 0. The van der Waals surface area contributed by atoms with E-state index in [4.69, 9.17) is 5.11 Å². The maximum atomic E-state index is 11.9. The molecule has 1 amide bonds. The molecule has 2 atom stereocenters. The molecule has 18 heavy (non-hydrogen) atoms. The number of amides is 1. The molecule has 96 valence electrons. The van der Waals surface area contributed by atoms with Gasteiger partial charge in [0.15, 0.2) is 0 Å². The topological polar surface area (TPSA) is 57.6 Å². The molecule has 1 aromatic rings. The third kappa shape index (κ3) is 2.79. The summed E-state index contributed by atoms with van der Waals surface area (Å²) in [5.74, 6) is -1.36. The van der Waals surface area contributed by atoms with Gasteiger partial charge in [-0.1, -0.05) is 13.0 Å². The largest absolute Gasteiger partial charge is 0.481 e. The number of hydrogen-bond acceptors (Lipinski definition) is 3. The number of aliphatic carboxylic acids is 1. The highest BCUT2D eigenvalue weighted by molar-refractivity contribution is 7.10. The van der Waals surface area contributed by atoms with E-state index in [1.54, 1.807) is 22.3 Å². The number of carbonyl (C=O) groups is 2. The Morgan fingerprint density at radius 1 is 1.50 bits per heavy atom. The standard InChI is InChI=1S/C13H15NO3S/c1-9-7-14(8-11(9)13(16)17)12(15)5-4-10-3-2-6-18-10/h2-6,9,11H,7-8H2,1H3,(H,16,17). The first-order valence-electron chi connectivity index (χ1n) is 5.81. The summed E-state index contributed by atoms with van der Waals surface area (Å²) in [7, 11) is 0. The SMILES string of the molecule is CC1CN(C(=O)C=Cc2cccs2)CC1C(=O)O. The van der Waals surface area contributed by atoms with Crippen LogP contribution in [-0.2, 0) is 9.59 Å². The van der Waals surface area contributed by atoms with Crippen LogP contribution in [0.25, 0.3) is 6.08 Å². The van der Waals surface area contributed by atoms with Crippen molar-refractivity contribution in [3.05, 3.63) is 28.5 Å². The average molecular weight is 265 g/mol. The lowest BCUT2D eigenvalue weighted by molar-refractivity contribution is -0.142. The van der Waals surface area contributed by atoms with Gasteiger partial charge in [-0.05, 0) is 23.4 Å². The summed E-state index contributed by atoms with van der Waals surface area (Å²) in [6.45, 7) is 2.70. The molecule has 1 aliphatic rings. The summed E-state index contributed by atoms with van der Waals surface area (Å²) in [6, 6.07) is 3.86. The Labute approximate surface area is 110 Å². The molecule has 0 saturated carbocycles. The van der Waals surface area contributed by atoms with E-state index in [0.717, 1.165) is 4.88 Å². The first-order chi connectivity index (χ1) is 8.58. The monoisotopic (exact) mass is 265 g/mol. The number of thiophene rings is 1. The minimum Gasteiger partial charge on any atom is -0.481 e. The molecule has 0 spiro atoms. The molecule has 0 aliphatic carbocycles. The van der Waals surface area contributed by atoms with Crippen LogP contribution in [0.3, 0.4) is 0 Å². The fourth-order valence-corrected chi connectivity index (χ4v) is 2.73. The van der Waals surface area contributed by atoms with Crippen LogP contribution in [0.5, 0.6) is 0 Å². The molecule has 2 unspecified atom stereocenters. The van der Waals surface area contributed by atoms with E-state index in [0.29, 0.717) is 13.1 Å². The van der Waals surface area contributed by atoms with Crippen molar-refractivity contribution in [2.24, 2.45) is 11.8 Å². The van der Waals surface area contributed by atoms with Crippen LogP contribution in [0, 0.1) is 11.8 Å². The molecule has 1 saturated heterocycles. The Kier molecular flexibility index (Phi) is 3.81. The summed E-state index contributed by atoms with van der Waals surface area (Å²) in [6.07, 6.45) is 3.29. The Bertz CT molecular complexity index is 467. The van der Waals surface area contributed by atoms with E-state index in [9.17, 15) is 9.59 Å². The van der Waals surface area contributed by atoms with Gasteiger partial charge in [-0.2, -0.15) is 0 Å². The summed E-state index contributed by atoms with van der Waals surface area (Å²) >= 11 is 1.56. The van der Waals surface area contributed by atoms with E-state index in [1.807, 2.05) is 24.4 Å². The number of rotatable bonds is 3. The maximum Gasteiger partial charge on any atom is 0.308 e. The van der Waals surface area contributed by atoms with Crippen molar-refractivity contribution >= 4 is 29.3 Å². The molecule has 4 nitrogen and oxygen atoms in total. The van der Waals surface area contributed by atoms with Gasteiger partial charge in [0, 0.05) is 24.0 Å². The van der Waals surface area contributed by atoms with Crippen LogP contribution >= 0.6 is 11.3 Å². The molecular formula is C13H15NO3S. The van der Waals surface area contributed by atoms with E-state index in [1.165, 1.54) is 6.08 Å². The summed E-state index contributed by atoms with van der Waals surface area (Å²) < 4.78 is 0. The fourth-order valence-electron chi connectivity index (χ4n) is 2.11. The normalized spacial score (nSPS) is 23.7. The number of nitrogens with zero attached hydrogens (tertiary/aromatic N) is 1. The molecule has 2 heterocycles. The smallest absolute Gasteiger partial charge is 0.308 e. The second-order valence-electron chi connectivity index (χ2n) is 4.51. The van der Waals surface area contributed by atoms with E-state index < -0.39 is 11.9 Å². The molecule has 1 aromatic heterocycles. The molecule has 2 rings (SSSR count). The number of carboxylic acid groups (broad SMARTS) is 1. The zero-order valence-electron chi connectivity index (χ0n) is 10.1. The molecule has 1 fully saturated rings. The van der Waals surface area contributed by atoms with Crippen molar-refractivity contribution in [2.45, 2.75) is 6.92 Å². The van der Waals surface area contributed by atoms with Crippen molar-refractivity contribution in [1.29, 1.82) is 0 Å². The third-order valence-electron chi connectivity index (χ3n) is 3.17. The highest BCUT2D eigenvalue weighted by Gasteiger charge is 2.36. The van der Waals surface area contributed by atoms with Gasteiger partial charge < -0.3 is 10.0 Å². The average Bonchev–Trinajstić information content (AvgIpc) is 2.94. The van der Waals surface area contributed by atoms with Crippen LogP contribution in [0.4, 0.5) is 0 Å². The van der Waals surface area contributed by atoms with Gasteiger partial charge >= 0.3 is 5.97 Å². The van der Waals surface area contributed by atoms with E-state index >= 15 is 0 Å². The first-order valence-corrected chi connectivity index (χ1v) is 6.69. The third-order valence-corrected chi connectivity index (χ3v) is 4.01. The van der Waals surface area contributed by atoms with Crippen molar-refractivity contribution in [3.63, 3.8) is 0 Å². The van der Waals surface area contributed by atoms with Crippen molar-refractivity contribution in [1.82, 2.24) is 4.90 Å².